The number of hydrogen-bond acceptors (Lipinski definition) is 3. The van der Waals surface area contributed by atoms with Crippen molar-refractivity contribution in [1.29, 1.82) is 0 Å². The number of benzene rings is 1. The van der Waals surface area contributed by atoms with Gasteiger partial charge in [-0.05, 0) is 62.4 Å². The number of aromatic nitrogens is 1. The van der Waals surface area contributed by atoms with Crippen LogP contribution in [0, 0.1) is 12.8 Å². The highest BCUT2D eigenvalue weighted by Gasteiger charge is 2.24. The minimum Gasteiger partial charge on any atom is -0.451 e. The number of nitrogens with zero attached hydrogens (tertiary/aromatic N) is 1. The predicted molar refractivity (Wildman–Crippen MR) is 107 cm³/mol. The summed E-state index contributed by atoms with van der Waals surface area (Å²) in [7, 11) is 0. The van der Waals surface area contributed by atoms with E-state index in [0.717, 1.165) is 48.9 Å². The molecular formula is C22H25N3O3. The first kappa shape index (κ1) is 18.3. The number of H-pyrrole nitrogens is 1. The Labute approximate surface area is 163 Å². The monoisotopic (exact) mass is 379 g/mol. The van der Waals surface area contributed by atoms with Crippen molar-refractivity contribution in [3.05, 3.63) is 59.6 Å². The minimum atomic E-state index is -0.173. The standard InChI is InChI=1S/C22H25N3O3/c1-15-4-5-19-17(13-15)14-20(28-19)21(26)24-10-6-16-7-11-25(12-8-16)22(27)18-3-2-9-23-18/h2-5,9,13-14,16,23H,6-8,10-12H2,1H3,(H,24,26). The predicted octanol–water partition coefficient (Wildman–Crippen LogP) is 3.74. The van der Waals surface area contributed by atoms with E-state index < -0.39 is 0 Å². The lowest BCUT2D eigenvalue weighted by Gasteiger charge is -2.31. The smallest absolute Gasteiger partial charge is 0.287 e. The molecule has 28 heavy (non-hydrogen) atoms. The lowest BCUT2D eigenvalue weighted by molar-refractivity contribution is 0.0681. The number of carbonyl (C=O) groups excluding carboxylic acids is 2. The van der Waals surface area contributed by atoms with Crippen molar-refractivity contribution in [3.63, 3.8) is 0 Å². The largest absolute Gasteiger partial charge is 0.451 e. The van der Waals surface area contributed by atoms with E-state index in [-0.39, 0.29) is 11.8 Å². The first-order chi connectivity index (χ1) is 13.6. The van der Waals surface area contributed by atoms with Crippen LogP contribution < -0.4 is 5.32 Å². The lowest BCUT2D eigenvalue weighted by Crippen LogP contribution is -2.39. The molecule has 4 rings (SSSR count). The number of carbonyl (C=O) groups is 2. The summed E-state index contributed by atoms with van der Waals surface area (Å²) in [5.41, 5.74) is 2.52. The van der Waals surface area contributed by atoms with E-state index in [1.165, 1.54) is 0 Å². The summed E-state index contributed by atoms with van der Waals surface area (Å²) in [6.45, 7) is 4.16. The highest BCUT2D eigenvalue weighted by atomic mass is 16.3. The van der Waals surface area contributed by atoms with Crippen molar-refractivity contribution >= 4 is 22.8 Å². The minimum absolute atomic E-state index is 0.0666. The van der Waals surface area contributed by atoms with E-state index in [1.807, 2.05) is 42.2 Å². The van der Waals surface area contributed by atoms with E-state index in [4.69, 9.17) is 4.42 Å². The van der Waals surface area contributed by atoms with Crippen LogP contribution in [0.4, 0.5) is 0 Å². The molecule has 1 fully saturated rings. The maximum atomic E-state index is 12.4. The maximum absolute atomic E-state index is 12.4. The van der Waals surface area contributed by atoms with Gasteiger partial charge in [0.2, 0.25) is 0 Å². The van der Waals surface area contributed by atoms with Gasteiger partial charge in [0.05, 0.1) is 0 Å². The molecule has 6 heteroatoms. The fraction of sp³-hybridized carbons (Fsp3) is 0.364. The number of likely N-dealkylation sites (tertiary alicyclic amines) is 1. The van der Waals surface area contributed by atoms with Gasteiger partial charge < -0.3 is 19.6 Å². The summed E-state index contributed by atoms with van der Waals surface area (Å²) in [4.78, 5) is 29.6. The van der Waals surface area contributed by atoms with E-state index in [2.05, 4.69) is 10.3 Å². The molecule has 2 N–H and O–H groups in total. The fourth-order valence-electron chi connectivity index (χ4n) is 3.81. The number of amides is 2. The number of fused-ring (bicyclic) bond motifs is 1. The molecule has 1 aliphatic rings. The van der Waals surface area contributed by atoms with Gasteiger partial charge in [-0.15, -0.1) is 0 Å². The van der Waals surface area contributed by atoms with Crippen LogP contribution in [0.2, 0.25) is 0 Å². The van der Waals surface area contributed by atoms with Crippen LogP contribution in [0.1, 0.15) is 45.9 Å². The van der Waals surface area contributed by atoms with Crippen molar-refractivity contribution in [3.8, 4) is 0 Å². The van der Waals surface area contributed by atoms with Crippen molar-refractivity contribution in [2.45, 2.75) is 26.2 Å². The Balaban J connectivity index is 1.23. The summed E-state index contributed by atoms with van der Waals surface area (Å²) < 4.78 is 5.64. The average molecular weight is 379 g/mol. The van der Waals surface area contributed by atoms with Crippen molar-refractivity contribution in [1.82, 2.24) is 15.2 Å². The number of nitrogens with one attached hydrogen (secondary N) is 2. The molecule has 0 aliphatic carbocycles. The van der Waals surface area contributed by atoms with Crippen LogP contribution >= 0.6 is 0 Å². The average Bonchev–Trinajstić information content (AvgIpc) is 3.37. The Morgan fingerprint density at radius 2 is 2.04 bits per heavy atom. The van der Waals surface area contributed by atoms with Crippen LogP contribution in [0.5, 0.6) is 0 Å². The summed E-state index contributed by atoms with van der Waals surface area (Å²) in [6, 6.07) is 11.3. The molecule has 1 saturated heterocycles. The maximum Gasteiger partial charge on any atom is 0.287 e. The normalized spacial score (nSPS) is 15.1. The van der Waals surface area contributed by atoms with Gasteiger partial charge in [-0.3, -0.25) is 9.59 Å². The molecule has 0 atom stereocenters. The number of rotatable bonds is 5. The number of aryl methyl sites for hydroxylation is 1. The number of aromatic amines is 1. The van der Waals surface area contributed by atoms with Crippen LogP contribution in [-0.4, -0.2) is 41.3 Å². The second-order valence-electron chi connectivity index (χ2n) is 7.52. The Hall–Kier alpha value is -3.02. The third kappa shape index (κ3) is 3.96. The Bertz CT molecular complexity index is 966. The van der Waals surface area contributed by atoms with Crippen LogP contribution in [0.15, 0.2) is 47.0 Å². The molecule has 0 radical (unpaired) electrons. The van der Waals surface area contributed by atoms with Gasteiger partial charge in [-0.1, -0.05) is 11.6 Å². The van der Waals surface area contributed by atoms with Gasteiger partial charge >= 0.3 is 0 Å². The lowest BCUT2D eigenvalue weighted by atomic mass is 9.93. The van der Waals surface area contributed by atoms with E-state index in [9.17, 15) is 9.59 Å². The molecule has 2 aromatic heterocycles. The summed E-state index contributed by atoms with van der Waals surface area (Å²) in [6.07, 6.45) is 4.61. The molecule has 0 spiro atoms. The zero-order chi connectivity index (χ0) is 19.5. The van der Waals surface area contributed by atoms with E-state index in [0.29, 0.717) is 23.9 Å². The van der Waals surface area contributed by atoms with Crippen LogP contribution in [0.3, 0.4) is 0 Å². The molecule has 2 amide bonds. The van der Waals surface area contributed by atoms with E-state index in [1.54, 1.807) is 12.3 Å². The Morgan fingerprint density at radius 1 is 1.21 bits per heavy atom. The summed E-state index contributed by atoms with van der Waals surface area (Å²) >= 11 is 0. The Kier molecular flexibility index (Phi) is 5.19. The zero-order valence-electron chi connectivity index (χ0n) is 16.0. The van der Waals surface area contributed by atoms with E-state index >= 15 is 0 Å². The molecule has 1 aliphatic heterocycles. The number of hydrogen-bond donors (Lipinski definition) is 2. The zero-order valence-corrected chi connectivity index (χ0v) is 16.0. The molecule has 1 aromatic carbocycles. The third-order valence-electron chi connectivity index (χ3n) is 5.46. The Morgan fingerprint density at radius 3 is 2.79 bits per heavy atom. The van der Waals surface area contributed by atoms with Crippen molar-refractivity contribution in [2.24, 2.45) is 5.92 Å². The molecule has 0 saturated carbocycles. The third-order valence-corrected chi connectivity index (χ3v) is 5.46. The molecule has 6 nitrogen and oxygen atoms in total. The number of furan rings is 1. The molecule has 3 heterocycles. The second-order valence-corrected chi connectivity index (χ2v) is 7.52. The van der Waals surface area contributed by atoms with Crippen molar-refractivity contribution in [2.75, 3.05) is 19.6 Å². The fourth-order valence-corrected chi connectivity index (χ4v) is 3.81. The van der Waals surface area contributed by atoms with Gasteiger partial charge in [0.1, 0.15) is 11.3 Å². The molecular weight excluding hydrogens is 354 g/mol. The highest BCUT2D eigenvalue weighted by molar-refractivity contribution is 5.96. The topological polar surface area (TPSA) is 78.3 Å². The summed E-state index contributed by atoms with van der Waals surface area (Å²) in [5, 5.41) is 3.91. The quantitative estimate of drug-likeness (QED) is 0.709. The first-order valence-corrected chi connectivity index (χ1v) is 9.81. The van der Waals surface area contributed by atoms with Crippen LogP contribution in [-0.2, 0) is 0 Å². The van der Waals surface area contributed by atoms with Gasteiger partial charge in [0, 0.05) is 31.2 Å². The SMILES string of the molecule is Cc1ccc2oc(C(=O)NCCC3CCN(C(=O)c4ccc[nH]4)CC3)cc2c1. The van der Waals surface area contributed by atoms with Crippen molar-refractivity contribution < 1.29 is 14.0 Å². The summed E-state index contributed by atoms with van der Waals surface area (Å²) in [5.74, 6) is 0.767. The van der Waals surface area contributed by atoms with Gasteiger partial charge in [0.25, 0.3) is 11.8 Å². The molecule has 146 valence electrons. The molecule has 0 unspecified atom stereocenters. The molecule has 3 aromatic rings. The van der Waals surface area contributed by atoms with Gasteiger partial charge in [-0.2, -0.15) is 0 Å². The number of piperidine rings is 1. The van der Waals surface area contributed by atoms with Gasteiger partial charge in [0.15, 0.2) is 5.76 Å². The molecule has 0 bridgehead atoms. The second kappa shape index (κ2) is 7.92. The van der Waals surface area contributed by atoms with Crippen LogP contribution in [0.25, 0.3) is 11.0 Å². The highest BCUT2D eigenvalue weighted by Crippen LogP contribution is 2.22. The first-order valence-electron chi connectivity index (χ1n) is 9.81. The van der Waals surface area contributed by atoms with Gasteiger partial charge in [-0.25, -0.2) is 0 Å².